The zero-order valence-corrected chi connectivity index (χ0v) is 12.1. The third kappa shape index (κ3) is 4.53. The van der Waals surface area contributed by atoms with Crippen LogP contribution in [0.25, 0.3) is 0 Å². The molecule has 2 rings (SSSR count). The molecule has 1 aromatic carbocycles. The van der Waals surface area contributed by atoms with Crippen molar-refractivity contribution in [3.63, 3.8) is 0 Å². The lowest BCUT2D eigenvalue weighted by atomic mass is 10.1. The predicted molar refractivity (Wildman–Crippen MR) is 77.0 cm³/mol. The summed E-state index contributed by atoms with van der Waals surface area (Å²) < 4.78 is 16.1. The molecular weight excluding hydrogens is 274 g/mol. The second-order valence-corrected chi connectivity index (χ2v) is 4.85. The maximum atomic E-state index is 11.0. The molecule has 1 heterocycles. The van der Waals surface area contributed by atoms with Gasteiger partial charge in [0, 0.05) is 6.07 Å². The summed E-state index contributed by atoms with van der Waals surface area (Å²) in [5.41, 5.74) is 0. The third-order valence-corrected chi connectivity index (χ3v) is 3.20. The van der Waals surface area contributed by atoms with E-state index in [0.717, 1.165) is 24.3 Å². The van der Waals surface area contributed by atoms with Gasteiger partial charge in [-0.05, 0) is 31.5 Å². The Balaban J connectivity index is 1.66. The van der Waals surface area contributed by atoms with E-state index in [4.69, 9.17) is 19.3 Å². The van der Waals surface area contributed by atoms with E-state index < -0.39 is 12.0 Å². The van der Waals surface area contributed by atoms with E-state index in [1.807, 2.05) is 19.1 Å². The standard InChI is InChI=1S/C15H21NO5/c1-2-4-12(15(17)18)16-7-3-8-19-11-5-6-13-14(9-11)21-10-20-13/h5-6,9,12,16H,2-4,7-8,10H2,1H3,(H,17,18). The molecule has 1 unspecified atom stereocenters. The van der Waals surface area contributed by atoms with Crippen LogP contribution < -0.4 is 19.5 Å². The zero-order valence-electron chi connectivity index (χ0n) is 12.1. The van der Waals surface area contributed by atoms with Gasteiger partial charge in [-0.1, -0.05) is 13.3 Å². The summed E-state index contributed by atoms with van der Waals surface area (Å²) in [6.45, 7) is 3.35. The van der Waals surface area contributed by atoms with Crippen LogP contribution in [0.15, 0.2) is 18.2 Å². The number of carboxylic acids is 1. The van der Waals surface area contributed by atoms with Crippen molar-refractivity contribution in [3.8, 4) is 17.2 Å². The Labute approximate surface area is 124 Å². The molecule has 0 aromatic heterocycles. The van der Waals surface area contributed by atoms with E-state index in [1.54, 1.807) is 6.07 Å². The van der Waals surface area contributed by atoms with E-state index in [2.05, 4.69) is 5.32 Å². The van der Waals surface area contributed by atoms with E-state index in [9.17, 15) is 4.79 Å². The van der Waals surface area contributed by atoms with Gasteiger partial charge in [0.1, 0.15) is 11.8 Å². The predicted octanol–water partition coefficient (Wildman–Crippen LogP) is 2.03. The average molecular weight is 295 g/mol. The van der Waals surface area contributed by atoms with Gasteiger partial charge in [-0.25, -0.2) is 0 Å². The highest BCUT2D eigenvalue weighted by Gasteiger charge is 2.15. The first-order chi connectivity index (χ1) is 10.2. The van der Waals surface area contributed by atoms with Crippen LogP contribution in [-0.4, -0.2) is 37.1 Å². The number of nitrogens with one attached hydrogen (secondary N) is 1. The Morgan fingerprint density at radius 1 is 1.43 bits per heavy atom. The number of ether oxygens (including phenoxy) is 3. The molecule has 21 heavy (non-hydrogen) atoms. The second-order valence-electron chi connectivity index (χ2n) is 4.85. The first kappa shape index (κ1) is 15.4. The van der Waals surface area contributed by atoms with Crippen LogP contribution >= 0.6 is 0 Å². The van der Waals surface area contributed by atoms with Crippen molar-refractivity contribution >= 4 is 5.97 Å². The van der Waals surface area contributed by atoms with Crippen molar-refractivity contribution in [1.29, 1.82) is 0 Å². The second kappa shape index (κ2) is 7.73. The van der Waals surface area contributed by atoms with Gasteiger partial charge in [-0.2, -0.15) is 0 Å². The smallest absolute Gasteiger partial charge is 0.320 e. The van der Waals surface area contributed by atoms with Crippen molar-refractivity contribution in [1.82, 2.24) is 5.32 Å². The molecule has 6 nitrogen and oxygen atoms in total. The van der Waals surface area contributed by atoms with Crippen LogP contribution in [0.5, 0.6) is 17.2 Å². The molecule has 1 aliphatic rings. The Bertz CT molecular complexity index is 477. The summed E-state index contributed by atoms with van der Waals surface area (Å²) in [6.07, 6.45) is 2.22. The maximum absolute atomic E-state index is 11.0. The third-order valence-electron chi connectivity index (χ3n) is 3.20. The molecule has 0 bridgehead atoms. The van der Waals surface area contributed by atoms with Crippen molar-refractivity contribution in [2.75, 3.05) is 19.9 Å². The number of aliphatic carboxylic acids is 1. The first-order valence-corrected chi connectivity index (χ1v) is 7.19. The fraction of sp³-hybridized carbons (Fsp3) is 0.533. The molecule has 2 N–H and O–H groups in total. The SMILES string of the molecule is CCCC(NCCCOc1ccc2c(c1)OCO2)C(=O)O. The average Bonchev–Trinajstić information content (AvgIpc) is 2.93. The normalized spacial score (nSPS) is 14.0. The summed E-state index contributed by atoms with van der Waals surface area (Å²) in [5, 5.41) is 12.0. The van der Waals surface area contributed by atoms with E-state index in [0.29, 0.717) is 25.3 Å². The van der Waals surface area contributed by atoms with Gasteiger partial charge in [0.15, 0.2) is 11.5 Å². The molecule has 1 aromatic rings. The number of benzene rings is 1. The molecule has 1 atom stereocenters. The molecule has 116 valence electrons. The molecule has 0 saturated carbocycles. The fourth-order valence-corrected chi connectivity index (χ4v) is 2.11. The first-order valence-electron chi connectivity index (χ1n) is 7.19. The minimum absolute atomic E-state index is 0.247. The maximum Gasteiger partial charge on any atom is 0.320 e. The van der Waals surface area contributed by atoms with Gasteiger partial charge in [-0.3, -0.25) is 4.79 Å². The topological polar surface area (TPSA) is 77.0 Å². The van der Waals surface area contributed by atoms with Gasteiger partial charge in [0.05, 0.1) is 6.61 Å². The van der Waals surface area contributed by atoms with Crippen LogP contribution in [0.2, 0.25) is 0 Å². The fourth-order valence-electron chi connectivity index (χ4n) is 2.11. The number of hydrogen-bond acceptors (Lipinski definition) is 5. The van der Waals surface area contributed by atoms with Crippen LogP contribution in [0.3, 0.4) is 0 Å². The molecule has 0 spiro atoms. The van der Waals surface area contributed by atoms with Crippen molar-refractivity contribution < 1.29 is 24.1 Å². The Morgan fingerprint density at radius 3 is 3.00 bits per heavy atom. The summed E-state index contributed by atoms with van der Waals surface area (Å²) >= 11 is 0. The largest absolute Gasteiger partial charge is 0.493 e. The van der Waals surface area contributed by atoms with Crippen molar-refractivity contribution in [2.24, 2.45) is 0 Å². The molecule has 0 fully saturated rings. The van der Waals surface area contributed by atoms with Crippen LogP contribution in [0.1, 0.15) is 26.2 Å². The lowest BCUT2D eigenvalue weighted by Gasteiger charge is -2.13. The Kier molecular flexibility index (Phi) is 5.68. The molecule has 1 aliphatic heterocycles. The number of carboxylic acid groups (broad SMARTS) is 1. The Morgan fingerprint density at radius 2 is 2.24 bits per heavy atom. The van der Waals surface area contributed by atoms with E-state index >= 15 is 0 Å². The molecule has 0 aliphatic carbocycles. The van der Waals surface area contributed by atoms with Crippen LogP contribution in [0, 0.1) is 0 Å². The van der Waals surface area contributed by atoms with Gasteiger partial charge in [0.25, 0.3) is 0 Å². The molecule has 0 amide bonds. The molecule has 0 saturated heterocycles. The lowest BCUT2D eigenvalue weighted by Crippen LogP contribution is -2.37. The zero-order chi connectivity index (χ0) is 15.1. The van der Waals surface area contributed by atoms with Gasteiger partial charge < -0.3 is 24.6 Å². The monoisotopic (exact) mass is 295 g/mol. The highest BCUT2D eigenvalue weighted by Crippen LogP contribution is 2.35. The molecule has 0 radical (unpaired) electrons. The van der Waals surface area contributed by atoms with Crippen molar-refractivity contribution in [2.45, 2.75) is 32.2 Å². The number of rotatable bonds is 9. The number of fused-ring (bicyclic) bond motifs is 1. The van der Waals surface area contributed by atoms with Gasteiger partial charge in [-0.15, -0.1) is 0 Å². The molecular formula is C15H21NO5. The minimum Gasteiger partial charge on any atom is -0.493 e. The number of hydrogen-bond donors (Lipinski definition) is 2. The van der Waals surface area contributed by atoms with E-state index in [-0.39, 0.29) is 6.79 Å². The highest BCUT2D eigenvalue weighted by atomic mass is 16.7. The van der Waals surface area contributed by atoms with Crippen LogP contribution in [0.4, 0.5) is 0 Å². The summed E-state index contributed by atoms with van der Waals surface area (Å²) in [6, 6.07) is 4.98. The molecule has 6 heteroatoms. The quantitative estimate of drug-likeness (QED) is 0.679. The van der Waals surface area contributed by atoms with Gasteiger partial charge >= 0.3 is 5.97 Å². The van der Waals surface area contributed by atoms with E-state index in [1.165, 1.54) is 0 Å². The Hall–Kier alpha value is -1.95. The summed E-state index contributed by atoms with van der Waals surface area (Å²) in [5.74, 6) is 1.35. The van der Waals surface area contributed by atoms with Crippen LogP contribution in [-0.2, 0) is 4.79 Å². The van der Waals surface area contributed by atoms with Crippen molar-refractivity contribution in [3.05, 3.63) is 18.2 Å². The lowest BCUT2D eigenvalue weighted by molar-refractivity contribution is -0.139. The number of carbonyl (C=O) groups is 1. The summed E-state index contributed by atoms with van der Waals surface area (Å²) in [7, 11) is 0. The van der Waals surface area contributed by atoms with Gasteiger partial charge in [0.2, 0.25) is 6.79 Å². The highest BCUT2D eigenvalue weighted by molar-refractivity contribution is 5.73. The minimum atomic E-state index is -0.798. The summed E-state index contributed by atoms with van der Waals surface area (Å²) in [4.78, 5) is 11.0.